The summed E-state index contributed by atoms with van der Waals surface area (Å²) < 4.78 is 13.3. The van der Waals surface area contributed by atoms with E-state index in [9.17, 15) is 14.0 Å². The van der Waals surface area contributed by atoms with Crippen molar-refractivity contribution in [1.82, 2.24) is 9.88 Å². The molecule has 1 aliphatic heterocycles. The molecule has 4 rings (SSSR count). The number of carbonyl (C=O) groups is 2. The molecule has 0 fully saturated rings. The van der Waals surface area contributed by atoms with Gasteiger partial charge in [0.1, 0.15) is 11.6 Å². The lowest BCUT2D eigenvalue weighted by atomic mass is 10.0. The molecule has 0 spiro atoms. The maximum absolute atomic E-state index is 13.3. The number of rotatable bonds is 9. The highest BCUT2D eigenvalue weighted by Gasteiger charge is 2.35. The van der Waals surface area contributed by atoms with Crippen LogP contribution in [0.25, 0.3) is 0 Å². The summed E-state index contributed by atoms with van der Waals surface area (Å²) in [7, 11) is 0. The summed E-state index contributed by atoms with van der Waals surface area (Å²) >= 11 is 0. The number of hydrogen-bond acceptors (Lipinski definition) is 5. The lowest BCUT2D eigenvalue weighted by Gasteiger charge is -2.25. The van der Waals surface area contributed by atoms with E-state index < -0.39 is 5.97 Å². The number of benzene rings is 2. The molecule has 7 nitrogen and oxygen atoms in total. The number of aromatic carboxylic acids is 1. The average molecular weight is 435 g/mol. The fourth-order valence-electron chi connectivity index (χ4n) is 3.78. The monoisotopic (exact) mass is 435 g/mol. The number of halogens is 1. The van der Waals surface area contributed by atoms with Crippen LogP contribution in [0.15, 0.2) is 66.9 Å². The summed E-state index contributed by atoms with van der Waals surface area (Å²) in [6.07, 6.45) is 2.62. The van der Waals surface area contributed by atoms with Gasteiger partial charge < -0.3 is 10.0 Å². The second-order valence-corrected chi connectivity index (χ2v) is 7.49. The topological polar surface area (TPSA) is 91.8 Å². The third-order valence-electron chi connectivity index (χ3n) is 5.36. The third kappa shape index (κ3) is 4.76. The van der Waals surface area contributed by atoms with E-state index in [1.165, 1.54) is 30.5 Å². The Morgan fingerprint density at radius 3 is 2.62 bits per heavy atom. The van der Waals surface area contributed by atoms with Gasteiger partial charge in [0.15, 0.2) is 0 Å². The first-order valence-electron chi connectivity index (χ1n) is 10.2. The van der Waals surface area contributed by atoms with E-state index in [1.807, 2.05) is 29.2 Å². The number of fused-ring (bicyclic) bond motifs is 1. The Morgan fingerprint density at radius 1 is 1.12 bits per heavy atom. The summed E-state index contributed by atoms with van der Waals surface area (Å²) in [6.45, 7) is 0.775. The van der Waals surface area contributed by atoms with Crippen molar-refractivity contribution in [3.05, 3.63) is 94.9 Å². The number of carbonyl (C=O) groups excluding carboxylic acids is 1. The molecule has 8 heteroatoms. The Hall–Kier alpha value is -3.78. The molecule has 0 aliphatic carbocycles. The fraction of sp³-hybridized carbons (Fsp3) is 0.208. The molecule has 164 valence electrons. The van der Waals surface area contributed by atoms with Gasteiger partial charge in [-0.3, -0.25) is 9.63 Å². The van der Waals surface area contributed by atoms with Gasteiger partial charge in [-0.2, -0.15) is 0 Å². The molecular weight excluding hydrogens is 413 g/mol. The minimum atomic E-state index is -1.04. The molecule has 3 aromatic rings. The fourth-order valence-corrected chi connectivity index (χ4v) is 3.78. The van der Waals surface area contributed by atoms with Crippen LogP contribution < -0.4 is 5.48 Å². The number of pyridine rings is 1. The number of anilines is 1. The quantitative estimate of drug-likeness (QED) is 0.381. The van der Waals surface area contributed by atoms with Crippen molar-refractivity contribution in [2.24, 2.45) is 0 Å². The van der Waals surface area contributed by atoms with Crippen LogP contribution in [-0.2, 0) is 11.4 Å². The summed E-state index contributed by atoms with van der Waals surface area (Å²) in [5, 5.41) is 8.90. The predicted octanol–water partition coefficient (Wildman–Crippen LogP) is 4.44. The minimum Gasteiger partial charge on any atom is -0.478 e. The van der Waals surface area contributed by atoms with Gasteiger partial charge >= 0.3 is 5.97 Å². The van der Waals surface area contributed by atoms with Gasteiger partial charge in [0.25, 0.3) is 5.91 Å². The minimum absolute atomic E-state index is 0.0308. The van der Waals surface area contributed by atoms with Crippen molar-refractivity contribution in [1.29, 1.82) is 0 Å². The Balaban J connectivity index is 1.36. The van der Waals surface area contributed by atoms with E-state index in [0.717, 1.165) is 11.1 Å². The second-order valence-electron chi connectivity index (χ2n) is 7.49. The van der Waals surface area contributed by atoms with E-state index >= 15 is 0 Å². The maximum atomic E-state index is 13.3. The van der Waals surface area contributed by atoms with E-state index in [2.05, 4.69) is 10.5 Å². The van der Waals surface area contributed by atoms with Gasteiger partial charge in [0.05, 0.1) is 18.2 Å². The van der Waals surface area contributed by atoms with E-state index in [1.54, 1.807) is 12.1 Å². The largest absolute Gasteiger partial charge is 0.478 e. The van der Waals surface area contributed by atoms with Crippen LogP contribution in [0.4, 0.5) is 10.2 Å². The molecule has 1 aromatic heterocycles. The standard InChI is InChI=1S/C24H22FN3O4/c25-18-10-7-16(8-11-18)15-28-21(19-4-1-2-5-20(19)23(28)29)6-3-13-32-27-22-12-9-17(14-26-22)24(30)31/h1-2,4-5,7-12,14,21H,3,6,13,15H2,(H,26,27)(H,30,31). The summed E-state index contributed by atoms with van der Waals surface area (Å²) in [5.41, 5.74) is 5.35. The van der Waals surface area contributed by atoms with Crippen molar-refractivity contribution >= 4 is 17.7 Å². The highest BCUT2D eigenvalue weighted by Crippen LogP contribution is 2.37. The van der Waals surface area contributed by atoms with Gasteiger partial charge in [0, 0.05) is 18.3 Å². The first kappa shape index (κ1) is 21.5. The SMILES string of the molecule is O=C(O)c1ccc(NOCCCC2c3ccccc3C(=O)N2Cc2ccc(F)cc2)nc1. The molecule has 2 heterocycles. The van der Waals surface area contributed by atoms with Gasteiger partial charge in [-0.05, 0) is 54.3 Å². The van der Waals surface area contributed by atoms with Crippen LogP contribution >= 0.6 is 0 Å². The summed E-state index contributed by atoms with van der Waals surface area (Å²) in [4.78, 5) is 35.1. The first-order chi connectivity index (χ1) is 15.5. The lowest BCUT2D eigenvalue weighted by Crippen LogP contribution is -2.28. The molecule has 2 aromatic carbocycles. The molecule has 1 amide bonds. The number of carboxylic acids is 1. The molecule has 0 saturated heterocycles. The zero-order valence-electron chi connectivity index (χ0n) is 17.2. The van der Waals surface area contributed by atoms with E-state index in [4.69, 9.17) is 9.94 Å². The highest BCUT2D eigenvalue weighted by atomic mass is 19.1. The van der Waals surface area contributed by atoms with E-state index in [0.29, 0.717) is 37.4 Å². The number of carboxylic acid groups (broad SMARTS) is 1. The molecule has 1 atom stereocenters. The van der Waals surface area contributed by atoms with Crippen molar-refractivity contribution in [2.75, 3.05) is 12.1 Å². The number of nitrogens with one attached hydrogen (secondary N) is 1. The molecule has 0 bridgehead atoms. The Morgan fingerprint density at radius 2 is 1.91 bits per heavy atom. The normalized spacial score (nSPS) is 15.0. The van der Waals surface area contributed by atoms with Crippen LogP contribution in [0.2, 0.25) is 0 Å². The van der Waals surface area contributed by atoms with Crippen molar-refractivity contribution in [3.8, 4) is 0 Å². The van der Waals surface area contributed by atoms with Crippen LogP contribution in [0.1, 0.15) is 50.7 Å². The number of hydrogen-bond donors (Lipinski definition) is 2. The molecular formula is C24H22FN3O4. The Bertz CT molecular complexity index is 1100. The second kappa shape index (κ2) is 9.57. The van der Waals surface area contributed by atoms with Crippen LogP contribution in [-0.4, -0.2) is 33.5 Å². The molecule has 2 N–H and O–H groups in total. The smallest absolute Gasteiger partial charge is 0.337 e. The lowest BCUT2D eigenvalue weighted by molar-refractivity contribution is 0.0685. The summed E-state index contributed by atoms with van der Waals surface area (Å²) in [5.74, 6) is -0.967. The van der Waals surface area contributed by atoms with E-state index in [-0.39, 0.29) is 23.3 Å². The maximum Gasteiger partial charge on any atom is 0.337 e. The number of amides is 1. The third-order valence-corrected chi connectivity index (χ3v) is 5.36. The first-order valence-corrected chi connectivity index (χ1v) is 10.2. The summed E-state index contributed by atoms with van der Waals surface area (Å²) in [6, 6.07) is 16.6. The number of nitrogens with zero attached hydrogens (tertiary/aromatic N) is 2. The van der Waals surface area contributed by atoms with Crippen molar-refractivity contribution < 1.29 is 23.9 Å². The van der Waals surface area contributed by atoms with Gasteiger partial charge in [0.2, 0.25) is 0 Å². The molecule has 1 unspecified atom stereocenters. The Labute approximate surface area is 184 Å². The zero-order valence-corrected chi connectivity index (χ0v) is 17.2. The van der Waals surface area contributed by atoms with Crippen LogP contribution in [0.5, 0.6) is 0 Å². The van der Waals surface area contributed by atoms with Crippen molar-refractivity contribution in [2.45, 2.75) is 25.4 Å². The molecule has 1 aliphatic rings. The molecule has 0 saturated carbocycles. The number of aromatic nitrogens is 1. The van der Waals surface area contributed by atoms with Crippen LogP contribution in [0.3, 0.4) is 0 Å². The molecule has 0 radical (unpaired) electrons. The van der Waals surface area contributed by atoms with Crippen molar-refractivity contribution in [3.63, 3.8) is 0 Å². The predicted molar refractivity (Wildman–Crippen MR) is 115 cm³/mol. The average Bonchev–Trinajstić information content (AvgIpc) is 3.06. The van der Waals surface area contributed by atoms with Gasteiger partial charge in [-0.25, -0.2) is 19.6 Å². The van der Waals surface area contributed by atoms with Crippen LogP contribution in [0, 0.1) is 5.82 Å². The highest BCUT2D eigenvalue weighted by molar-refractivity contribution is 5.99. The van der Waals surface area contributed by atoms with Gasteiger partial charge in [-0.15, -0.1) is 0 Å². The zero-order chi connectivity index (χ0) is 22.5. The molecule has 32 heavy (non-hydrogen) atoms. The Kier molecular flexibility index (Phi) is 6.42. The van der Waals surface area contributed by atoms with Gasteiger partial charge in [-0.1, -0.05) is 30.3 Å².